The molecule has 2 atom stereocenters. The van der Waals surface area contributed by atoms with E-state index in [4.69, 9.17) is 24.4 Å². The first-order valence-corrected chi connectivity index (χ1v) is 15.6. The molecule has 2 aromatic carbocycles. The average molecular weight is 616 g/mol. The molecule has 13 heteroatoms. The summed E-state index contributed by atoms with van der Waals surface area (Å²) < 4.78 is 11.2. The van der Waals surface area contributed by atoms with Crippen LogP contribution in [-0.2, 0) is 9.47 Å². The highest BCUT2D eigenvalue weighted by Crippen LogP contribution is 2.25. The average Bonchev–Trinajstić information content (AvgIpc) is 3.05. The highest BCUT2D eigenvalue weighted by molar-refractivity contribution is 6.00. The molecule has 0 spiro atoms. The molecule has 45 heavy (non-hydrogen) atoms. The number of likely N-dealkylation sites (N-methyl/N-ethyl adjacent to an activating group) is 1. The minimum Gasteiger partial charge on any atom is -0.378 e. The molecule has 6 rings (SSSR count). The number of urea groups is 1. The maximum absolute atomic E-state index is 13.0. The standard InChI is InChI=1S/C32H41N9O4/c1-22-20-38(3)12-13-41(22)29(42)25-6-10-27(11-7-25)34-32(43)33-26-8-4-24(5-9-26)28-35-30(39-14-17-44-18-15-39)37-31(36-28)40-16-19-45-23(2)21-40/h4-11,22-23H,12-21H2,1-3H3,(H2,33,34,43). The SMILES string of the molecule is CC1CN(c2nc(-c3ccc(NC(=O)Nc4ccc(C(=O)N5CCN(C)CC5C)cc4)cc3)nc(N3CCOCC3)n2)CCO1. The van der Waals surface area contributed by atoms with E-state index in [0.717, 1.165) is 31.7 Å². The maximum Gasteiger partial charge on any atom is 0.323 e. The molecule has 3 amide bonds. The van der Waals surface area contributed by atoms with Crippen LogP contribution in [0.2, 0.25) is 0 Å². The Hall–Kier alpha value is -4.33. The number of nitrogens with one attached hydrogen (secondary N) is 2. The largest absolute Gasteiger partial charge is 0.378 e. The molecule has 0 aliphatic carbocycles. The number of nitrogens with zero attached hydrogens (tertiary/aromatic N) is 7. The Labute approximate surface area is 263 Å². The minimum atomic E-state index is -0.381. The van der Waals surface area contributed by atoms with Crippen LogP contribution in [0, 0.1) is 0 Å². The second-order valence-electron chi connectivity index (χ2n) is 11.8. The van der Waals surface area contributed by atoms with Crippen molar-refractivity contribution in [3.05, 3.63) is 54.1 Å². The summed E-state index contributed by atoms with van der Waals surface area (Å²) in [6.45, 7) is 11.3. The predicted octanol–water partition coefficient (Wildman–Crippen LogP) is 3.02. The Morgan fingerprint density at radius 3 is 2.02 bits per heavy atom. The number of carbonyl (C=O) groups excluding carboxylic acids is 2. The summed E-state index contributed by atoms with van der Waals surface area (Å²) in [6, 6.07) is 14.2. The van der Waals surface area contributed by atoms with Crippen LogP contribution < -0.4 is 20.4 Å². The van der Waals surface area contributed by atoms with Crippen molar-refractivity contribution in [2.24, 2.45) is 0 Å². The Kier molecular flexibility index (Phi) is 9.38. The lowest BCUT2D eigenvalue weighted by molar-refractivity contribution is 0.0525. The summed E-state index contributed by atoms with van der Waals surface area (Å²) in [7, 11) is 2.07. The molecule has 0 radical (unpaired) electrons. The van der Waals surface area contributed by atoms with Crippen molar-refractivity contribution in [3.8, 4) is 11.4 Å². The monoisotopic (exact) mass is 615 g/mol. The lowest BCUT2D eigenvalue weighted by Crippen LogP contribution is -2.52. The molecule has 238 valence electrons. The number of hydrogen-bond acceptors (Lipinski definition) is 10. The number of rotatable bonds is 6. The van der Waals surface area contributed by atoms with Gasteiger partial charge in [-0.2, -0.15) is 15.0 Å². The van der Waals surface area contributed by atoms with E-state index < -0.39 is 0 Å². The van der Waals surface area contributed by atoms with Gasteiger partial charge in [0.1, 0.15) is 0 Å². The molecule has 3 aromatic rings. The van der Waals surface area contributed by atoms with Crippen molar-refractivity contribution in [2.45, 2.75) is 26.0 Å². The van der Waals surface area contributed by atoms with Crippen LogP contribution in [-0.4, -0.2) is 122 Å². The number of amides is 3. The van der Waals surface area contributed by atoms with E-state index >= 15 is 0 Å². The lowest BCUT2D eigenvalue weighted by Gasteiger charge is -2.38. The van der Waals surface area contributed by atoms with Crippen molar-refractivity contribution in [1.29, 1.82) is 0 Å². The van der Waals surface area contributed by atoms with Gasteiger partial charge in [-0.1, -0.05) is 0 Å². The van der Waals surface area contributed by atoms with Crippen LogP contribution in [0.25, 0.3) is 11.4 Å². The molecule has 3 aliphatic heterocycles. The first-order chi connectivity index (χ1) is 21.8. The third-order valence-electron chi connectivity index (χ3n) is 8.31. The Morgan fingerprint density at radius 1 is 0.756 bits per heavy atom. The summed E-state index contributed by atoms with van der Waals surface area (Å²) in [5.41, 5.74) is 2.64. The van der Waals surface area contributed by atoms with Gasteiger partial charge in [-0.15, -0.1) is 0 Å². The number of ether oxygens (including phenoxy) is 2. The summed E-state index contributed by atoms with van der Waals surface area (Å²) in [6.07, 6.45) is 0.0913. The van der Waals surface area contributed by atoms with Crippen molar-refractivity contribution in [2.75, 3.05) is 93.1 Å². The van der Waals surface area contributed by atoms with Crippen LogP contribution >= 0.6 is 0 Å². The first-order valence-electron chi connectivity index (χ1n) is 15.6. The zero-order chi connectivity index (χ0) is 31.3. The molecular formula is C32H41N9O4. The quantitative estimate of drug-likeness (QED) is 0.427. The lowest BCUT2D eigenvalue weighted by atomic mass is 10.1. The van der Waals surface area contributed by atoms with Gasteiger partial charge in [0, 0.05) is 74.4 Å². The number of morpholine rings is 2. The number of benzene rings is 2. The third kappa shape index (κ3) is 7.49. The molecule has 3 aliphatic rings. The number of hydrogen-bond donors (Lipinski definition) is 2. The minimum absolute atomic E-state index is 0.00792. The fraction of sp³-hybridized carbons (Fsp3) is 0.469. The topological polar surface area (TPSA) is 128 Å². The summed E-state index contributed by atoms with van der Waals surface area (Å²) in [5.74, 6) is 1.83. The highest BCUT2D eigenvalue weighted by Gasteiger charge is 2.27. The van der Waals surface area contributed by atoms with E-state index in [9.17, 15) is 9.59 Å². The molecule has 3 fully saturated rings. The summed E-state index contributed by atoms with van der Waals surface area (Å²) >= 11 is 0. The fourth-order valence-electron chi connectivity index (χ4n) is 5.83. The van der Waals surface area contributed by atoms with Crippen molar-refractivity contribution in [3.63, 3.8) is 0 Å². The van der Waals surface area contributed by atoms with E-state index in [1.807, 2.05) is 36.1 Å². The Balaban J connectivity index is 1.11. The van der Waals surface area contributed by atoms with Crippen molar-refractivity contribution >= 4 is 35.2 Å². The van der Waals surface area contributed by atoms with E-state index in [1.54, 1.807) is 24.3 Å². The summed E-state index contributed by atoms with van der Waals surface area (Å²) in [5, 5.41) is 5.71. The van der Waals surface area contributed by atoms with E-state index in [0.29, 0.717) is 74.1 Å². The van der Waals surface area contributed by atoms with Crippen LogP contribution in [0.15, 0.2) is 48.5 Å². The molecule has 4 heterocycles. The van der Waals surface area contributed by atoms with E-state index in [-0.39, 0.29) is 24.1 Å². The van der Waals surface area contributed by atoms with Crippen LogP contribution in [0.4, 0.5) is 28.1 Å². The third-order valence-corrected chi connectivity index (χ3v) is 8.31. The molecule has 2 unspecified atom stereocenters. The zero-order valence-corrected chi connectivity index (χ0v) is 26.1. The highest BCUT2D eigenvalue weighted by atomic mass is 16.5. The first kappa shape index (κ1) is 30.7. The zero-order valence-electron chi connectivity index (χ0n) is 26.1. The van der Waals surface area contributed by atoms with Crippen LogP contribution in [0.3, 0.4) is 0 Å². The van der Waals surface area contributed by atoms with Crippen LogP contribution in [0.1, 0.15) is 24.2 Å². The second kappa shape index (κ2) is 13.8. The molecule has 3 saturated heterocycles. The van der Waals surface area contributed by atoms with E-state index in [1.165, 1.54) is 0 Å². The van der Waals surface area contributed by atoms with Gasteiger partial charge < -0.3 is 39.7 Å². The van der Waals surface area contributed by atoms with Gasteiger partial charge in [0.2, 0.25) is 11.9 Å². The Bertz CT molecular complexity index is 1480. The molecule has 1 aromatic heterocycles. The van der Waals surface area contributed by atoms with Gasteiger partial charge >= 0.3 is 6.03 Å². The number of aromatic nitrogens is 3. The van der Waals surface area contributed by atoms with Gasteiger partial charge in [0.25, 0.3) is 5.91 Å². The Morgan fingerprint density at radius 2 is 1.38 bits per heavy atom. The van der Waals surface area contributed by atoms with Crippen molar-refractivity contribution < 1.29 is 19.1 Å². The predicted molar refractivity (Wildman–Crippen MR) is 173 cm³/mol. The fourth-order valence-corrected chi connectivity index (χ4v) is 5.83. The molecule has 0 saturated carbocycles. The van der Waals surface area contributed by atoms with Gasteiger partial charge in [-0.3, -0.25) is 4.79 Å². The molecule has 0 bridgehead atoms. The van der Waals surface area contributed by atoms with Gasteiger partial charge in [0.05, 0.1) is 25.9 Å². The normalized spacial score (nSPS) is 21.0. The number of anilines is 4. The van der Waals surface area contributed by atoms with Gasteiger partial charge in [-0.25, -0.2) is 4.79 Å². The molecule has 13 nitrogen and oxygen atoms in total. The number of carbonyl (C=O) groups is 2. The number of piperazine rings is 1. The van der Waals surface area contributed by atoms with E-state index in [2.05, 4.69) is 39.3 Å². The van der Waals surface area contributed by atoms with Gasteiger partial charge in [0.15, 0.2) is 5.82 Å². The van der Waals surface area contributed by atoms with Crippen LogP contribution in [0.5, 0.6) is 0 Å². The molecular weight excluding hydrogens is 574 g/mol. The van der Waals surface area contributed by atoms with Crippen molar-refractivity contribution in [1.82, 2.24) is 24.8 Å². The maximum atomic E-state index is 13.0. The summed E-state index contributed by atoms with van der Waals surface area (Å²) in [4.78, 5) is 48.6. The molecule has 2 N–H and O–H groups in total. The second-order valence-corrected chi connectivity index (χ2v) is 11.8. The smallest absolute Gasteiger partial charge is 0.323 e. The van der Waals surface area contributed by atoms with Gasteiger partial charge in [-0.05, 0) is 69.4 Å².